The first-order valence-electron chi connectivity index (χ1n) is 5.61. The Hall–Kier alpha value is -2.28. The summed E-state index contributed by atoms with van der Waals surface area (Å²) in [4.78, 5) is 30.4. The van der Waals surface area contributed by atoms with Crippen LogP contribution in [0.5, 0.6) is 0 Å². The predicted octanol–water partition coefficient (Wildman–Crippen LogP) is 2.50. The van der Waals surface area contributed by atoms with Crippen LogP contribution < -0.4 is 5.32 Å². The molecule has 2 rings (SSSR count). The fourth-order valence-electron chi connectivity index (χ4n) is 1.57. The van der Waals surface area contributed by atoms with Crippen molar-refractivity contribution in [1.82, 2.24) is 9.97 Å². The third kappa shape index (κ3) is 3.00. The molecule has 102 valence electrons. The Morgan fingerprint density at radius 2 is 1.85 bits per heavy atom. The summed E-state index contributed by atoms with van der Waals surface area (Å²) in [5.41, 5.74) is 0.900. The van der Waals surface area contributed by atoms with E-state index < -0.39 is 11.9 Å². The van der Waals surface area contributed by atoms with E-state index in [2.05, 4.69) is 31.2 Å². The number of carboxylic acids is 1. The molecule has 0 saturated carbocycles. The molecule has 0 aliphatic carbocycles. The fraction of sp³-hybridized carbons (Fsp3) is 0.0769. The summed E-state index contributed by atoms with van der Waals surface area (Å²) < 4.78 is 0.918. The van der Waals surface area contributed by atoms with Gasteiger partial charge in [-0.1, -0.05) is 15.9 Å². The third-order valence-corrected chi connectivity index (χ3v) is 3.42. The molecule has 7 heteroatoms. The van der Waals surface area contributed by atoms with E-state index in [4.69, 9.17) is 5.11 Å². The lowest BCUT2D eigenvalue weighted by atomic mass is 10.2. The van der Waals surface area contributed by atoms with Gasteiger partial charge in [-0.2, -0.15) is 0 Å². The van der Waals surface area contributed by atoms with Crippen molar-refractivity contribution in [2.24, 2.45) is 0 Å². The number of rotatable bonds is 3. The van der Waals surface area contributed by atoms with Crippen LogP contribution in [0.4, 0.5) is 5.69 Å². The normalized spacial score (nSPS) is 10.1. The highest BCUT2D eigenvalue weighted by molar-refractivity contribution is 9.10. The van der Waals surface area contributed by atoms with Crippen LogP contribution in [0.25, 0.3) is 0 Å². The molecule has 6 nitrogen and oxygen atoms in total. The summed E-state index contributed by atoms with van der Waals surface area (Å²) in [5.74, 6) is -1.91. The number of amides is 1. The number of aryl methyl sites for hydroxylation is 1. The van der Waals surface area contributed by atoms with Gasteiger partial charge in [-0.25, -0.2) is 14.8 Å². The van der Waals surface area contributed by atoms with Crippen molar-refractivity contribution in [3.63, 3.8) is 0 Å². The van der Waals surface area contributed by atoms with E-state index in [1.165, 1.54) is 12.4 Å². The zero-order valence-corrected chi connectivity index (χ0v) is 12.0. The number of hydrogen-bond donors (Lipinski definition) is 2. The maximum atomic E-state index is 12.0. The molecule has 2 N–H and O–H groups in total. The highest BCUT2D eigenvalue weighted by Crippen LogP contribution is 2.20. The number of aromatic carboxylic acids is 1. The number of carbonyl (C=O) groups excluding carboxylic acids is 1. The summed E-state index contributed by atoms with van der Waals surface area (Å²) >= 11 is 3.36. The average Bonchev–Trinajstić information content (AvgIpc) is 2.43. The molecule has 0 aliphatic rings. The molecule has 0 aliphatic heterocycles. The molecular formula is C13H10BrN3O3. The van der Waals surface area contributed by atoms with E-state index in [1.54, 1.807) is 18.2 Å². The second-order valence-corrected chi connectivity index (χ2v) is 4.83. The van der Waals surface area contributed by atoms with Crippen molar-refractivity contribution in [2.45, 2.75) is 6.92 Å². The molecule has 1 aromatic heterocycles. The van der Waals surface area contributed by atoms with Gasteiger partial charge in [0.1, 0.15) is 0 Å². The molecule has 0 unspecified atom stereocenters. The van der Waals surface area contributed by atoms with Crippen LogP contribution in [0, 0.1) is 6.92 Å². The van der Waals surface area contributed by atoms with E-state index in [-0.39, 0.29) is 11.4 Å². The van der Waals surface area contributed by atoms with Crippen LogP contribution in [0.3, 0.4) is 0 Å². The molecule has 0 bridgehead atoms. The number of halogens is 1. The minimum atomic E-state index is -1.30. The molecular weight excluding hydrogens is 326 g/mol. The van der Waals surface area contributed by atoms with Gasteiger partial charge >= 0.3 is 5.97 Å². The molecule has 0 spiro atoms. The van der Waals surface area contributed by atoms with Crippen molar-refractivity contribution < 1.29 is 14.7 Å². The molecule has 20 heavy (non-hydrogen) atoms. The Balaban J connectivity index is 2.28. The van der Waals surface area contributed by atoms with Gasteiger partial charge in [0.2, 0.25) is 0 Å². The first-order chi connectivity index (χ1) is 9.49. The van der Waals surface area contributed by atoms with Gasteiger partial charge < -0.3 is 10.4 Å². The summed E-state index contributed by atoms with van der Waals surface area (Å²) in [6.07, 6.45) is 2.50. The SMILES string of the molecule is Cc1cc(NC(=O)c2nccnc2C(=O)O)ccc1Br. The second-order valence-electron chi connectivity index (χ2n) is 3.98. The van der Waals surface area contributed by atoms with Gasteiger partial charge in [0.15, 0.2) is 11.4 Å². The lowest BCUT2D eigenvalue weighted by Gasteiger charge is -2.07. The van der Waals surface area contributed by atoms with Crippen LogP contribution in [-0.4, -0.2) is 27.0 Å². The Kier molecular flexibility index (Phi) is 4.09. The highest BCUT2D eigenvalue weighted by atomic mass is 79.9. The summed E-state index contributed by atoms with van der Waals surface area (Å²) in [6, 6.07) is 5.25. The molecule has 1 heterocycles. The number of aromatic nitrogens is 2. The molecule has 1 aromatic carbocycles. The minimum Gasteiger partial charge on any atom is -0.476 e. The number of anilines is 1. The number of nitrogens with zero attached hydrogens (tertiary/aromatic N) is 2. The van der Waals surface area contributed by atoms with Crippen LogP contribution in [0.1, 0.15) is 26.5 Å². The lowest BCUT2D eigenvalue weighted by Crippen LogP contribution is -2.19. The van der Waals surface area contributed by atoms with Crippen molar-refractivity contribution >= 4 is 33.5 Å². The average molecular weight is 336 g/mol. The topological polar surface area (TPSA) is 92.2 Å². The van der Waals surface area contributed by atoms with Gasteiger partial charge in [-0.3, -0.25) is 4.79 Å². The first kappa shape index (κ1) is 14.1. The fourth-order valence-corrected chi connectivity index (χ4v) is 1.82. The van der Waals surface area contributed by atoms with Crippen LogP contribution >= 0.6 is 15.9 Å². The van der Waals surface area contributed by atoms with Crippen molar-refractivity contribution in [3.8, 4) is 0 Å². The minimum absolute atomic E-state index is 0.222. The molecule has 0 atom stereocenters. The van der Waals surface area contributed by atoms with E-state index in [9.17, 15) is 9.59 Å². The smallest absolute Gasteiger partial charge is 0.356 e. The van der Waals surface area contributed by atoms with Crippen molar-refractivity contribution in [3.05, 3.63) is 52.0 Å². The van der Waals surface area contributed by atoms with Gasteiger partial charge in [-0.05, 0) is 30.7 Å². The predicted molar refractivity (Wildman–Crippen MR) is 75.8 cm³/mol. The maximum Gasteiger partial charge on any atom is 0.356 e. The summed E-state index contributed by atoms with van der Waals surface area (Å²) in [6.45, 7) is 1.88. The monoisotopic (exact) mass is 335 g/mol. The number of carboxylic acid groups (broad SMARTS) is 1. The van der Waals surface area contributed by atoms with Crippen LogP contribution in [-0.2, 0) is 0 Å². The van der Waals surface area contributed by atoms with Crippen LogP contribution in [0.2, 0.25) is 0 Å². The summed E-state index contributed by atoms with van der Waals surface area (Å²) in [5, 5.41) is 11.6. The van der Waals surface area contributed by atoms with Gasteiger partial charge in [0.05, 0.1) is 0 Å². The van der Waals surface area contributed by atoms with Crippen molar-refractivity contribution in [1.29, 1.82) is 0 Å². The quantitative estimate of drug-likeness (QED) is 0.898. The van der Waals surface area contributed by atoms with Crippen molar-refractivity contribution in [2.75, 3.05) is 5.32 Å². The standard InChI is InChI=1S/C13H10BrN3O3/c1-7-6-8(2-3-9(7)14)17-12(18)10-11(13(19)20)16-5-4-15-10/h2-6H,1H3,(H,17,18)(H,19,20). The molecule has 0 saturated heterocycles. The van der Waals surface area contributed by atoms with E-state index >= 15 is 0 Å². The number of hydrogen-bond acceptors (Lipinski definition) is 4. The first-order valence-corrected chi connectivity index (χ1v) is 6.40. The zero-order chi connectivity index (χ0) is 14.7. The number of nitrogens with one attached hydrogen (secondary N) is 1. The Morgan fingerprint density at radius 3 is 2.45 bits per heavy atom. The largest absolute Gasteiger partial charge is 0.476 e. The molecule has 1 amide bonds. The lowest BCUT2D eigenvalue weighted by molar-refractivity contribution is 0.0685. The molecule has 0 fully saturated rings. The Bertz CT molecular complexity index is 688. The van der Waals surface area contributed by atoms with E-state index in [1.807, 2.05) is 6.92 Å². The zero-order valence-electron chi connectivity index (χ0n) is 10.4. The molecule has 0 radical (unpaired) electrons. The van der Waals surface area contributed by atoms with E-state index in [0.717, 1.165) is 10.0 Å². The van der Waals surface area contributed by atoms with Gasteiger partial charge in [-0.15, -0.1) is 0 Å². The van der Waals surface area contributed by atoms with Crippen LogP contribution in [0.15, 0.2) is 35.1 Å². The Labute approximate surface area is 123 Å². The summed E-state index contributed by atoms with van der Waals surface area (Å²) in [7, 11) is 0. The number of benzene rings is 1. The van der Waals surface area contributed by atoms with Gasteiger partial charge in [0, 0.05) is 22.6 Å². The molecule has 2 aromatic rings. The van der Waals surface area contributed by atoms with E-state index in [0.29, 0.717) is 5.69 Å². The Morgan fingerprint density at radius 1 is 1.20 bits per heavy atom. The highest BCUT2D eigenvalue weighted by Gasteiger charge is 2.19. The maximum absolute atomic E-state index is 12.0. The van der Waals surface area contributed by atoms with Gasteiger partial charge in [0.25, 0.3) is 5.91 Å². The second kappa shape index (κ2) is 5.79. The number of carbonyl (C=O) groups is 2. The third-order valence-electron chi connectivity index (χ3n) is 2.53.